The second kappa shape index (κ2) is 8.37. The molecule has 1 aliphatic heterocycles. The number of amides is 1. The highest BCUT2D eigenvalue weighted by atomic mass is 32.1. The van der Waals surface area contributed by atoms with Crippen molar-refractivity contribution in [3.8, 4) is 9.88 Å². The van der Waals surface area contributed by atoms with E-state index in [2.05, 4.69) is 10.3 Å². The normalized spacial score (nSPS) is 14.7. The third-order valence-corrected chi connectivity index (χ3v) is 6.85. The second-order valence-electron chi connectivity index (χ2n) is 6.69. The third kappa shape index (κ3) is 4.35. The summed E-state index contributed by atoms with van der Waals surface area (Å²) in [5, 5.41) is 5.32. The number of benzene rings is 1. The number of nitrogens with one attached hydrogen (secondary N) is 1. The Morgan fingerprint density at radius 1 is 1.23 bits per heavy atom. The molecule has 1 fully saturated rings. The molecule has 0 aliphatic carbocycles. The molecule has 1 aliphatic rings. The van der Waals surface area contributed by atoms with E-state index in [0.29, 0.717) is 47.6 Å². The van der Waals surface area contributed by atoms with Crippen molar-refractivity contribution in [2.45, 2.75) is 13.1 Å². The van der Waals surface area contributed by atoms with E-state index < -0.39 is 17.6 Å². The Hall–Kier alpha value is -2.43. The fourth-order valence-corrected chi connectivity index (χ4v) is 4.94. The van der Waals surface area contributed by atoms with Gasteiger partial charge in [-0.15, -0.1) is 22.7 Å². The smallest absolute Gasteiger partial charge is 0.378 e. The van der Waals surface area contributed by atoms with Crippen LogP contribution in [-0.4, -0.2) is 37.2 Å². The molecule has 10 heteroatoms. The maximum absolute atomic E-state index is 13.3. The Kier molecular flexibility index (Phi) is 5.81. The Labute approximate surface area is 179 Å². The zero-order valence-corrected chi connectivity index (χ0v) is 17.6. The van der Waals surface area contributed by atoms with Gasteiger partial charge in [0, 0.05) is 13.1 Å². The van der Waals surface area contributed by atoms with Crippen LogP contribution in [0.4, 0.5) is 24.5 Å². The molecule has 3 aromatic rings. The minimum absolute atomic E-state index is 0.127. The van der Waals surface area contributed by atoms with E-state index in [9.17, 15) is 18.0 Å². The average Bonchev–Trinajstić information content (AvgIpc) is 3.37. The van der Waals surface area contributed by atoms with Gasteiger partial charge in [0.2, 0.25) is 0 Å². The number of morpholine rings is 1. The van der Waals surface area contributed by atoms with Gasteiger partial charge in [0.05, 0.1) is 40.7 Å². The number of carbonyl (C=O) groups excluding carboxylic acids is 1. The highest BCUT2D eigenvalue weighted by Crippen LogP contribution is 2.37. The van der Waals surface area contributed by atoms with Gasteiger partial charge in [0.25, 0.3) is 5.91 Å². The fourth-order valence-electron chi connectivity index (χ4n) is 3.18. The molecule has 3 heterocycles. The Morgan fingerprint density at radius 3 is 2.67 bits per heavy atom. The van der Waals surface area contributed by atoms with Crippen molar-refractivity contribution in [2.24, 2.45) is 0 Å². The van der Waals surface area contributed by atoms with Crippen molar-refractivity contribution in [1.29, 1.82) is 0 Å². The van der Waals surface area contributed by atoms with Crippen molar-refractivity contribution < 1.29 is 22.7 Å². The zero-order valence-electron chi connectivity index (χ0n) is 16.0. The van der Waals surface area contributed by atoms with Gasteiger partial charge < -0.3 is 15.0 Å². The van der Waals surface area contributed by atoms with Crippen LogP contribution in [0.2, 0.25) is 0 Å². The molecule has 1 N–H and O–H groups in total. The van der Waals surface area contributed by atoms with E-state index in [1.54, 1.807) is 6.92 Å². The van der Waals surface area contributed by atoms with Crippen LogP contribution in [0.3, 0.4) is 0 Å². The Morgan fingerprint density at radius 2 is 2.00 bits per heavy atom. The maximum Gasteiger partial charge on any atom is 0.416 e. The van der Waals surface area contributed by atoms with Crippen LogP contribution in [0, 0.1) is 6.92 Å². The number of anilines is 2. The monoisotopic (exact) mass is 453 g/mol. The lowest BCUT2D eigenvalue weighted by Crippen LogP contribution is -2.36. The second-order valence-corrected chi connectivity index (χ2v) is 8.64. The molecular weight excluding hydrogens is 435 g/mol. The Bertz CT molecular complexity index is 1040. The number of thiazole rings is 1. The molecule has 4 rings (SSSR count). The van der Waals surface area contributed by atoms with Gasteiger partial charge in [-0.1, -0.05) is 6.07 Å². The molecule has 1 amide bonds. The quantitative estimate of drug-likeness (QED) is 0.583. The van der Waals surface area contributed by atoms with Crippen LogP contribution >= 0.6 is 22.7 Å². The van der Waals surface area contributed by atoms with Crippen LogP contribution in [0.1, 0.15) is 20.9 Å². The molecule has 0 unspecified atom stereocenters. The van der Waals surface area contributed by atoms with Crippen molar-refractivity contribution in [1.82, 2.24) is 4.98 Å². The van der Waals surface area contributed by atoms with Crippen molar-refractivity contribution >= 4 is 40.0 Å². The number of carbonyl (C=O) groups is 1. The first kappa shape index (κ1) is 20.8. The lowest BCUT2D eigenvalue weighted by Gasteiger charge is -2.31. The lowest BCUT2D eigenvalue weighted by molar-refractivity contribution is -0.137. The van der Waals surface area contributed by atoms with E-state index in [4.69, 9.17) is 4.74 Å². The molecule has 158 valence electrons. The van der Waals surface area contributed by atoms with E-state index in [1.807, 2.05) is 22.4 Å². The van der Waals surface area contributed by atoms with Crippen molar-refractivity contribution in [3.05, 3.63) is 51.8 Å². The lowest BCUT2D eigenvalue weighted by atomic mass is 10.1. The predicted molar refractivity (Wildman–Crippen MR) is 113 cm³/mol. The minimum atomic E-state index is -4.50. The summed E-state index contributed by atoms with van der Waals surface area (Å²) < 4.78 is 45.1. The summed E-state index contributed by atoms with van der Waals surface area (Å²) in [7, 11) is 0. The largest absolute Gasteiger partial charge is 0.416 e. The van der Waals surface area contributed by atoms with E-state index in [0.717, 1.165) is 17.0 Å². The summed E-state index contributed by atoms with van der Waals surface area (Å²) >= 11 is 2.74. The maximum atomic E-state index is 13.3. The van der Waals surface area contributed by atoms with Gasteiger partial charge in [-0.2, -0.15) is 13.2 Å². The number of aromatic nitrogens is 1. The van der Waals surface area contributed by atoms with Crippen molar-refractivity contribution in [2.75, 3.05) is 36.5 Å². The van der Waals surface area contributed by atoms with Gasteiger partial charge in [-0.3, -0.25) is 4.79 Å². The fraction of sp³-hybridized carbons (Fsp3) is 0.300. The number of hydrogen-bond donors (Lipinski definition) is 1. The SMILES string of the molecule is Cc1nc(-c2cccs2)sc1C(=O)Nc1cc(C(F)(F)F)ccc1N1CCOCC1. The zero-order chi connectivity index (χ0) is 21.3. The summed E-state index contributed by atoms with van der Waals surface area (Å²) in [5.41, 5.74) is 0.401. The first-order valence-electron chi connectivity index (χ1n) is 9.19. The van der Waals surface area contributed by atoms with E-state index in [-0.39, 0.29) is 5.69 Å². The van der Waals surface area contributed by atoms with Crippen LogP contribution in [0.15, 0.2) is 35.7 Å². The summed E-state index contributed by atoms with van der Waals surface area (Å²) in [5.74, 6) is -0.471. The van der Waals surface area contributed by atoms with E-state index in [1.165, 1.54) is 28.7 Å². The molecule has 0 spiro atoms. The predicted octanol–water partition coefficient (Wildman–Crippen LogP) is 5.29. The standard InChI is InChI=1S/C20H18F3N3O2S2/c1-12-17(30-19(24-12)16-3-2-10-29-16)18(27)25-14-11-13(20(21,22)23)4-5-15(14)26-6-8-28-9-7-26/h2-5,10-11H,6-9H2,1H3,(H,25,27). The summed E-state index contributed by atoms with van der Waals surface area (Å²) in [6.45, 7) is 3.75. The molecule has 5 nitrogen and oxygen atoms in total. The molecule has 1 aromatic carbocycles. The number of halogens is 3. The Balaban J connectivity index is 1.66. The number of ether oxygens (including phenoxy) is 1. The van der Waals surface area contributed by atoms with Gasteiger partial charge >= 0.3 is 6.18 Å². The number of alkyl halides is 3. The molecule has 0 atom stereocenters. The average molecular weight is 454 g/mol. The van der Waals surface area contributed by atoms with E-state index >= 15 is 0 Å². The van der Waals surface area contributed by atoms with Crippen LogP contribution in [-0.2, 0) is 10.9 Å². The van der Waals surface area contributed by atoms with Crippen LogP contribution in [0.5, 0.6) is 0 Å². The summed E-state index contributed by atoms with van der Waals surface area (Å²) in [6.07, 6.45) is -4.50. The molecule has 1 saturated heterocycles. The van der Waals surface area contributed by atoms with Gasteiger partial charge in [0.15, 0.2) is 0 Å². The minimum Gasteiger partial charge on any atom is -0.378 e. The highest BCUT2D eigenvalue weighted by Gasteiger charge is 2.32. The van der Waals surface area contributed by atoms with Crippen LogP contribution in [0.25, 0.3) is 9.88 Å². The number of rotatable bonds is 4. The number of hydrogen-bond acceptors (Lipinski definition) is 6. The van der Waals surface area contributed by atoms with Gasteiger partial charge in [-0.25, -0.2) is 4.98 Å². The van der Waals surface area contributed by atoms with Crippen molar-refractivity contribution in [3.63, 3.8) is 0 Å². The van der Waals surface area contributed by atoms with Crippen LogP contribution < -0.4 is 10.2 Å². The molecule has 0 saturated carbocycles. The first-order chi connectivity index (χ1) is 14.3. The van der Waals surface area contributed by atoms with Gasteiger partial charge in [-0.05, 0) is 36.6 Å². The summed E-state index contributed by atoms with van der Waals surface area (Å²) in [6, 6.07) is 7.23. The number of nitrogens with zero attached hydrogens (tertiary/aromatic N) is 2. The molecule has 30 heavy (non-hydrogen) atoms. The number of thiophene rings is 1. The third-order valence-electron chi connectivity index (χ3n) is 4.66. The molecule has 2 aromatic heterocycles. The first-order valence-corrected chi connectivity index (χ1v) is 10.9. The molecule has 0 bridgehead atoms. The van der Waals surface area contributed by atoms with Gasteiger partial charge in [0.1, 0.15) is 9.88 Å². The molecule has 0 radical (unpaired) electrons. The number of aryl methyl sites for hydroxylation is 1. The summed E-state index contributed by atoms with van der Waals surface area (Å²) in [4.78, 5) is 20.6. The highest BCUT2D eigenvalue weighted by molar-refractivity contribution is 7.22. The topological polar surface area (TPSA) is 54.5 Å². The molecular formula is C20H18F3N3O2S2.